The summed E-state index contributed by atoms with van der Waals surface area (Å²) in [5, 5.41) is 0. The maximum absolute atomic E-state index is 2.57. The van der Waals surface area contributed by atoms with E-state index < -0.39 is 0 Å². The molecule has 5 rings (SSSR count). The summed E-state index contributed by atoms with van der Waals surface area (Å²) in [6.45, 7) is 7.86. The minimum absolute atomic E-state index is 0.359. The third kappa shape index (κ3) is 4.80. The van der Waals surface area contributed by atoms with Gasteiger partial charge >= 0.3 is 0 Å². The molecule has 0 unspecified atom stereocenters. The first-order valence-electron chi connectivity index (χ1n) is 14.9. The number of rotatable bonds is 11. The summed E-state index contributed by atoms with van der Waals surface area (Å²) in [6.07, 6.45) is 9.58. The quantitative estimate of drug-likeness (QED) is 0.198. The minimum atomic E-state index is -0.359. The zero-order valence-electron chi connectivity index (χ0n) is 23.5. The number of unbranched alkanes of at least 4 members (excludes halogenated alkanes) is 3. The molecule has 1 nitrogen and oxygen atoms in total. The van der Waals surface area contributed by atoms with E-state index in [4.69, 9.17) is 0 Å². The number of fused-ring (bicyclic) bond motifs is 2. The normalized spacial score (nSPS) is 13.7. The fourth-order valence-electron chi connectivity index (χ4n) is 6.28. The van der Waals surface area contributed by atoms with E-state index >= 15 is 0 Å². The summed E-state index contributed by atoms with van der Waals surface area (Å²) in [5.74, 6) is 0. The smallest absolute Gasteiger partial charge is 0.0742 e. The van der Waals surface area contributed by atoms with Gasteiger partial charge in [0.05, 0.1) is 5.41 Å². The van der Waals surface area contributed by atoms with Gasteiger partial charge in [-0.3, -0.25) is 0 Å². The van der Waals surface area contributed by atoms with Gasteiger partial charge in [-0.2, -0.15) is 0 Å². The van der Waals surface area contributed by atoms with Crippen molar-refractivity contribution in [2.24, 2.45) is 0 Å². The number of para-hydroxylation sites is 2. The second kappa shape index (κ2) is 12.0. The third-order valence-corrected chi connectivity index (χ3v) is 8.34. The van der Waals surface area contributed by atoms with Crippen molar-refractivity contribution in [3.05, 3.63) is 130 Å². The van der Waals surface area contributed by atoms with Gasteiger partial charge in [0.15, 0.2) is 0 Å². The molecule has 1 aliphatic heterocycles. The van der Waals surface area contributed by atoms with Gasteiger partial charge in [-0.15, -0.1) is 0 Å². The van der Waals surface area contributed by atoms with Gasteiger partial charge in [0.1, 0.15) is 0 Å². The van der Waals surface area contributed by atoms with Crippen molar-refractivity contribution in [2.75, 3.05) is 11.4 Å². The van der Waals surface area contributed by atoms with Crippen LogP contribution in [-0.2, 0) is 18.3 Å². The van der Waals surface area contributed by atoms with E-state index in [-0.39, 0.29) is 5.41 Å². The average molecular weight is 502 g/mol. The van der Waals surface area contributed by atoms with Gasteiger partial charge in [-0.25, -0.2) is 0 Å². The first kappa shape index (κ1) is 26.3. The van der Waals surface area contributed by atoms with E-state index in [1.165, 1.54) is 83.3 Å². The Kier molecular flexibility index (Phi) is 8.32. The Morgan fingerprint density at radius 1 is 0.500 bits per heavy atom. The molecule has 1 heterocycles. The topological polar surface area (TPSA) is 3.24 Å². The van der Waals surface area contributed by atoms with E-state index in [0.29, 0.717) is 0 Å². The van der Waals surface area contributed by atoms with Gasteiger partial charge in [-0.1, -0.05) is 125 Å². The molecule has 0 spiro atoms. The molecule has 0 radical (unpaired) electrons. The molecule has 4 aromatic carbocycles. The molecular weight excluding hydrogens is 458 g/mol. The monoisotopic (exact) mass is 501 g/mol. The lowest BCUT2D eigenvalue weighted by atomic mass is 9.62. The summed E-state index contributed by atoms with van der Waals surface area (Å²) < 4.78 is 0. The Morgan fingerprint density at radius 3 is 1.34 bits per heavy atom. The molecule has 4 aromatic rings. The lowest BCUT2D eigenvalue weighted by molar-refractivity contribution is 0.699. The highest BCUT2D eigenvalue weighted by Gasteiger charge is 2.45. The Hall–Kier alpha value is -3.32. The van der Waals surface area contributed by atoms with Crippen LogP contribution in [0.5, 0.6) is 0 Å². The highest BCUT2D eigenvalue weighted by molar-refractivity contribution is 5.83. The first-order chi connectivity index (χ1) is 18.7. The van der Waals surface area contributed by atoms with Crippen LogP contribution in [0, 0.1) is 0 Å². The van der Waals surface area contributed by atoms with Crippen LogP contribution in [-0.4, -0.2) is 6.54 Å². The molecule has 1 heteroatoms. The number of benzene rings is 4. The third-order valence-electron chi connectivity index (χ3n) is 8.34. The predicted octanol–water partition coefficient (Wildman–Crippen LogP) is 10.0. The molecule has 1 aliphatic rings. The number of aryl methyl sites for hydroxylation is 2. The van der Waals surface area contributed by atoms with E-state index in [9.17, 15) is 0 Å². The highest BCUT2D eigenvalue weighted by atomic mass is 15.1. The van der Waals surface area contributed by atoms with Crippen LogP contribution in [0.2, 0.25) is 0 Å². The summed E-state index contributed by atoms with van der Waals surface area (Å²) in [6, 6.07) is 37.4. The molecule has 0 amide bonds. The summed E-state index contributed by atoms with van der Waals surface area (Å²) in [4.78, 5) is 2.57. The van der Waals surface area contributed by atoms with Gasteiger partial charge in [0, 0.05) is 17.9 Å². The molecule has 0 saturated heterocycles. The van der Waals surface area contributed by atoms with Crippen molar-refractivity contribution < 1.29 is 0 Å². The molecular formula is C37H43N. The Morgan fingerprint density at radius 2 is 0.921 bits per heavy atom. The van der Waals surface area contributed by atoms with Gasteiger partial charge in [0.25, 0.3) is 0 Å². The molecule has 38 heavy (non-hydrogen) atoms. The van der Waals surface area contributed by atoms with Crippen molar-refractivity contribution >= 4 is 11.4 Å². The van der Waals surface area contributed by atoms with Crippen LogP contribution in [0.25, 0.3) is 0 Å². The zero-order valence-corrected chi connectivity index (χ0v) is 23.5. The van der Waals surface area contributed by atoms with Gasteiger partial charge in [0.2, 0.25) is 0 Å². The number of anilines is 2. The number of nitrogens with zero attached hydrogens (tertiary/aromatic N) is 1. The Bertz CT molecular complexity index is 1210. The largest absolute Gasteiger partial charge is 0.341 e. The van der Waals surface area contributed by atoms with Crippen LogP contribution in [0.1, 0.15) is 92.7 Å². The minimum Gasteiger partial charge on any atom is -0.341 e. The van der Waals surface area contributed by atoms with Crippen LogP contribution in [0.4, 0.5) is 11.4 Å². The second-order valence-corrected chi connectivity index (χ2v) is 10.9. The van der Waals surface area contributed by atoms with Crippen LogP contribution >= 0.6 is 0 Å². The van der Waals surface area contributed by atoms with E-state index in [0.717, 1.165) is 19.4 Å². The van der Waals surface area contributed by atoms with Crippen molar-refractivity contribution in [1.29, 1.82) is 0 Å². The molecule has 0 atom stereocenters. The highest BCUT2D eigenvalue weighted by Crippen LogP contribution is 2.55. The predicted molar refractivity (Wildman–Crippen MR) is 164 cm³/mol. The zero-order chi connectivity index (χ0) is 26.4. The molecule has 0 saturated carbocycles. The van der Waals surface area contributed by atoms with Crippen molar-refractivity contribution in [3.8, 4) is 0 Å². The number of hydrogen-bond acceptors (Lipinski definition) is 1. The fourth-order valence-corrected chi connectivity index (χ4v) is 6.28. The molecule has 0 N–H and O–H groups in total. The summed E-state index contributed by atoms with van der Waals surface area (Å²) in [5.41, 5.74) is 10.7. The van der Waals surface area contributed by atoms with Crippen LogP contribution in [0.3, 0.4) is 0 Å². The van der Waals surface area contributed by atoms with Crippen molar-refractivity contribution in [3.63, 3.8) is 0 Å². The average Bonchev–Trinajstić information content (AvgIpc) is 2.98. The maximum atomic E-state index is 2.57. The molecule has 196 valence electrons. The molecule has 0 aromatic heterocycles. The Labute approximate surface area is 230 Å². The summed E-state index contributed by atoms with van der Waals surface area (Å²) in [7, 11) is 0. The molecule has 0 fully saturated rings. The van der Waals surface area contributed by atoms with Crippen LogP contribution in [0.15, 0.2) is 97.1 Å². The van der Waals surface area contributed by atoms with Gasteiger partial charge < -0.3 is 4.90 Å². The van der Waals surface area contributed by atoms with E-state index in [2.05, 4.69) is 123 Å². The van der Waals surface area contributed by atoms with Gasteiger partial charge in [-0.05, 0) is 77.6 Å². The first-order valence-corrected chi connectivity index (χ1v) is 14.9. The standard InChI is InChI=1S/C37H43N/c1-4-7-14-29-20-24-31(25-21-29)37(32-26-22-30(23-27-32)15-8-5-2)33-16-10-12-18-35(33)38(28-9-6-3)36-19-13-11-17-34(36)37/h10-13,16-27H,4-9,14-15,28H2,1-3H3. The van der Waals surface area contributed by atoms with E-state index in [1.54, 1.807) is 0 Å². The summed E-state index contributed by atoms with van der Waals surface area (Å²) >= 11 is 0. The second-order valence-electron chi connectivity index (χ2n) is 10.9. The Balaban J connectivity index is 1.76. The van der Waals surface area contributed by atoms with Crippen molar-refractivity contribution in [2.45, 2.75) is 77.6 Å². The fraction of sp³-hybridized carbons (Fsp3) is 0.351. The van der Waals surface area contributed by atoms with Crippen molar-refractivity contribution in [1.82, 2.24) is 0 Å². The molecule has 0 aliphatic carbocycles. The van der Waals surface area contributed by atoms with E-state index in [1.807, 2.05) is 0 Å². The molecule has 0 bridgehead atoms. The lowest BCUT2D eigenvalue weighted by Crippen LogP contribution is -2.39. The number of hydrogen-bond donors (Lipinski definition) is 0. The van der Waals surface area contributed by atoms with Crippen LogP contribution < -0.4 is 4.90 Å². The maximum Gasteiger partial charge on any atom is 0.0742 e. The SMILES string of the molecule is CCCCc1ccc(C2(c3ccc(CCCC)cc3)c3ccccc3N(CCCC)c3ccccc32)cc1. The lowest BCUT2D eigenvalue weighted by Gasteiger charge is -2.46.